The molecule has 19 heavy (non-hydrogen) atoms. The molecule has 6 nitrogen and oxygen atoms in total. The number of carbonyl (C=O) groups excluding carboxylic acids is 2. The van der Waals surface area contributed by atoms with Crippen molar-refractivity contribution in [2.24, 2.45) is 11.5 Å². The molecule has 102 valence electrons. The molecule has 1 saturated carbocycles. The van der Waals surface area contributed by atoms with E-state index in [2.05, 4.69) is 4.98 Å². The zero-order valence-corrected chi connectivity index (χ0v) is 10.7. The Kier molecular flexibility index (Phi) is 4.11. The molecule has 1 aliphatic carbocycles. The third kappa shape index (κ3) is 3.75. The van der Waals surface area contributed by atoms with E-state index in [1.165, 1.54) is 0 Å². The second-order valence-electron chi connectivity index (χ2n) is 4.80. The van der Waals surface area contributed by atoms with Crippen LogP contribution < -0.4 is 11.5 Å². The van der Waals surface area contributed by atoms with Gasteiger partial charge in [0.15, 0.2) is 0 Å². The molecule has 1 atom stereocenters. The molecular weight excluding hydrogens is 244 g/mol. The Hall–Kier alpha value is -1.95. The first-order valence-electron chi connectivity index (χ1n) is 6.32. The smallest absolute Gasteiger partial charge is 0.240 e. The van der Waals surface area contributed by atoms with Gasteiger partial charge >= 0.3 is 0 Å². The molecule has 1 aliphatic rings. The summed E-state index contributed by atoms with van der Waals surface area (Å²) in [5, 5.41) is 0. The number of nitrogens with zero attached hydrogens (tertiary/aromatic N) is 2. The van der Waals surface area contributed by atoms with E-state index in [0.717, 1.165) is 18.5 Å². The Labute approximate surface area is 111 Å². The summed E-state index contributed by atoms with van der Waals surface area (Å²) in [7, 11) is 0. The van der Waals surface area contributed by atoms with Crippen LogP contribution in [-0.4, -0.2) is 33.8 Å². The van der Waals surface area contributed by atoms with Crippen LogP contribution in [0.1, 0.15) is 25.0 Å². The monoisotopic (exact) mass is 262 g/mol. The molecule has 0 aromatic carbocycles. The molecule has 6 heteroatoms. The molecule has 1 heterocycles. The van der Waals surface area contributed by atoms with Crippen molar-refractivity contribution >= 4 is 11.8 Å². The number of hydrogen-bond donors (Lipinski definition) is 2. The third-order valence-electron chi connectivity index (χ3n) is 3.07. The predicted molar refractivity (Wildman–Crippen MR) is 69.6 cm³/mol. The van der Waals surface area contributed by atoms with E-state index in [-0.39, 0.29) is 18.4 Å². The lowest BCUT2D eigenvalue weighted by Gasteiger charge is -2.24. The van der Waals surface area contributed by atoms with E-state index in [1.54, 1.807) is 11.1 Å². The summed E-state index contributed by atoms with van der Waals surface area (Å²) in [4.78, 5) is 29.0. The van der Waals surface area contributed by atoms with Gasteiger partial charge in [-0.2, -0.15) is 0 Å². The summed E-state index contributed by atoms with van der Waals surface area (Å²) >= 11 is 0. The quantitative estimate of drug-likeness (QED) is 0.739. The van der Waals surface area contributed by atoms with E-state index < -0.39 is 11.9 Å². The van der Waals surface area contributed by atoms with Crippen LogP contribution in [0.25, 0.3) is 0 Å². The van der Waals surface area contributed by atoms with E-state index in [9.17, 15) is 9.59 Å². The summed E-state index contributed by atoms with van der Waals surface area (Å²) < 4.78 is 0. The van der Waals surface area contributed by atoms with E-state index >= 15 is 0 Å². The molecule has 1 fully saturated rings. The number of aromatic nitrogens is 1. The molecule has 0 bridgehead atoms. The van der Waals surface area contributed by atoms with Crippen molar-refractivity contribution in [2.45, 2.75) is 37.9 Å². The second kappa shape index (κ2) is 5.79. The lowest BCUT2D eigenvalue weighted by Crippen LogP contribution is -2.46. The molecule has 0 radical (unpaired) electrons. The van der Waals surface area contributed by atoms with Crippen LogP contribution >= 0.6 is 0 Å². The Bertz CT molecular complexity index is 459. The minimum Gasteiger partial charge on any atom is -0.370 e. The number of hydrogen-bond acceptors (Lipinski definition) is 4. The van der Waals surface area contributed by atoms with Crippen LogP contribution in [0.15, 0.2) is 24.4 Å². The summed E-state index contributed by atoms with van der Waals surface area (Å²) in [6.45, 7) is 0.427. The molecule has 2 amide bonds. The molecule has 0 saturated heterocycles. The molecule has 1 aromatic rings. The minimum atomic E-state index is -0.859. The fourth-order valence-corrected chi connectivity index (χ4v) is 1.96. The number of rotatable bonds is 6. The first-order chi connectivity index (χ1) is 9.08. The number of pyridine rings is 1. The third-order valence-corrected chi connectivity index (χ3v) is 3.07. The van der Waals surface area contributed by atoms with Crippen LogP contribution in [0.5, 0.6) is 0 Å². The molecule has 4 N–H and O–H groups in total. The molecule has 2 rings (SSSR count). The van der Waals surface area contributed by atoms with Crippen molar-refractivity contribution in [3.8, 4) is 0 Å². The highest BCUT2D eigenvalue weighted by Gasteiger charge is 2.35. The average Bonchev–Trinajstić information content (AvgIpc) is 3.20. The fraction of sp³-hybridized carbons (Fsp3) is 0.462. The molecule has 1 aromatic heterocycles. The number of amides is 2. The van der Waals surface area contributed by atoms with Crippen LogP contribution in [0.3, 0.4) is 0 Å². The van der Waals surface area contributed by atoms with E-state index in [4.69, 9.17) is 11.5 Å². The van der Waals surface area contributed by atoms with Gasteiger partial charge in [0, 0.05) is 12.2 Å². The van der Waals surface area contributed by atoms with Crippen molar-refractivity contribution in [3.63, 3.8) is 0 Å². The maximum atomic E-state index is 12.2. The van der Waals surface area contributed by atoms with Gasteiger partial charge in [0.2, 0.25) is 11.8 Å². The minimum absolute atomic E-state index is 0.121. The predicted octanol–water partition coefficient (Wildman–Crippen LogP) is -0.225. The molecule has 0 spiro atoms. The Morgan fingerprint density at radius 3 is 2.68 bits per heavy atom. The number of carbonyl (C=O) groups is 2. The lowest BCUT2D eigenvalue weighted by atomic mass is 10.1. The average molecular weight is 262 g/mol. The largest absolute Gasteiger partial charge is 0.370 e. The second-order valence-corrected chi connectivity index (χ2v) is 4.80. The van der Waals surface area contributed by atoms with Gasteiger partial charge in [-0.25, -0.2) is 0 Å². The first kappa shape index (κ1) is 13.5. The molecule has 1 unspecified atom stereocenters. The van der Waals surface area contributed by atoms with E-state index in [1.807, 2.05) is 18.2 Å². The zero-order chi connectivity index (χ0) is 13.8. The number of nitrogens with two attached hydrogens (primary N) is 2. The van der Waals surface area contributed by atoms with Gasteiger partial charge in [0.05, 0.1) is 24.7 Å². The SMILES string of the molecule is NC(=O)CC(N)C(=O)N(Cc1ccccn1)C1CC1. The van der Waals surface area contributed by atoms with Crippen molar-refractivity contribution < 1.29 is 9.59 Å². The zero-order valence-electron chi connectivity index (χ0n) is 10.7. The normalized spacial score (nSPS) is 15.8. The van der Waals surface area contributed by atoms with Gasteiger partial charge in [0.1, 0.15) is 0 Å². The van der Waals surface area contributed by atoms with Gasteiger partial charge in [-0.05, 0) is 25.0 Å². The maximum absolute atomic E-state index is 12.2. The van der Waals surface area contributed by atoms with Crippen LogP contribution in [0.4, 0.5) is 0 Å². The van der Waals surface area contributed by atoms with Crippen LogP contribution in [0, 0.1) is 0 Å². The first-order valence-corrected chi connectivity index (χ1v) is 6.32. The van der Waals surface area contributed by atoms with Gasteiger partial charge in [0.25, 0.3) is 0 Å². The van der Waals surface area contributed by atoms with Gasteiger partial charge in [-0.1, -0.05) is 6.07 Å². The Balaban J connectivity index is 2.03. The standard InChI is InChI=1S/C13H18N4O2/c14-11(7-12(15)18)13(19)17(10-4-5-10)8-9-3-1-2-6-16-9/h1-3,6,10-11H,4-5,7-8,14H2,(H2,15,18). The van der Waals surface area contributed by atoms with Crippen molar-refractivity contribution in [3.05, 3.63) is 30.1 Å². The summed E-state index contributed by atoms with van der Waals surface area (Å²) in [6.07, 6.45) is 3.52. The van der Waals surface area contributed by atoms with E-state index in [0.29, 0.717) is 6.54 Å². The lowest BCUT2D eigenvalue weighted by molar-refractivity contribution is -0.135. The summed E-state index contributed by atoms with van der Waals surface area (Å²) in [6, 6.07) is 4.92. The number of primary amides is 1. The fourth-order valence-electron chi connectivity index (χ4n) is 1.96. The maximum Gasteiger partial charge on any atom is 0.240 e. The molecular formula is C13H18N4O2. The Morgan fingerprint density at radius 1 is 1.42 bits per heavy atom. The topological polar surface area (TPSA) is 102 Å². The molecule has 0 aliphatic heterocycles. The summed E-state index contributed by atoms with van der Waals surface area (Å²) in [5.41, 5.74) is 11.6. The van der Waals surface area contributed by atoms with Crippen molar-refractivity contribution in [2.75, 3.05) is 0 Å². The van der Waals surface area contributed by atoms with Crippen LogP contribution in [-0.2, 0) is 16.1 Å². The van der Waals surface area contributed by atoms with Gasteiger partial charge < -0.3 is 16.4 Å². The highest BCUT2D eigenvalue weighted by Crippen LogP contribution is 2.28. The highest BCUT2D eigenvalue weighted by atomic mass is 16.2. The van der Waals surface area contributed by atoms with Crippen LogP contribution in [0.2, 0.25) is 0 Å². The highest BCUT2D eigenvalue weighted by molar-refractivity contribution is 5.87. The van der Waals surface area contributed by atoms with Gasteiger partial charge in [-0.15, -0.1) is 0 Å². The Morgan fingerprint density at radius 2 is 2.16 bits per heavy atom. The van der Waals surface area contributed by atoms with Crippen molar-refractivity contribution in [1.29, 1.82) is 0 Å². The summed E-state index contributed by atoms with van der Waals surface area (Å²) in [5.74, 6) is -0.790. The van der Waals surface area contributed by atoms with Crippen molar-refractivity contribution in [1.82, 2.24) is 9.88 Å². The van der Waals surface area contributed by atoms with Gasteiger partial charge in [-0.3, -0.25) is 14.6 Å².